The van der Waals surface area contributed by atoms with E-state index in [1.807, 2.05) is 12.1 Å². The third-order valence-corrected chi connectivity index (χ3v) is 3.56. The summed E-state index contributed by atoms with van der Waals surface area (Å²) in [5.74, 6) is 1.05. The third kappa shape index (κ3) is 1.59. The number of hydrogen-bond donors (Lipinski definition) is 1. The second kappa shape index (κ2) is 3.43. The zero-order valence-corrected chi connectivity index (χ0v) is 8.86. The lowest BCUT2D eigenvalue weighted by Gasteiger charge is -2.30. The van der Waals surface area contributed by atoms with Crippen LogP contribution in [0.2, 0.25) is 0 Å². The van der Waals surface area contributed by atoms with Crippen molar-refractivity contribution in [2.45, 2.75) is 39.2 Å². The van der Waals surface area contributed by atoms with Crippen LogP contribution in [-0.2, 0) is 0 Å². The fourth-order valence-corrected chi connectivity index (χ4v) is 2.60. The number of furan rings is 1. The zero-order chi connectivity index (χ0) is 10.2. The fraction of sp³-hybridized carbons (Fsp3) is 0.667. The molecule has 0 spiro atoms. The van der Waals surface area contributed by atoms with Crippen LogP contribution >= 0.6 is 0 Å². The Bertz CT molecular complexity index is 287. The summed E-state index contributed by atoms with van der Waals surface area (Å²) in [6.07, 6.45) is 4.72. The molecule has 2 atom stereocenters. The van der Waals surface area contributed by atoms with Gasteiger partial charge in [0.2, 0.25) is 0 Å². The van der Waals surface area contributed by atoms with E-state index in [-0.39, 0.29) is 5.41 Å². The van der Waals surface area contributed by atoms with Gasteiger partial charge in [0.25, 0.3) is 0 Å². The molecule has 1 N–H and O–H groups in total. The molecule has 2 rings (SSSR count). The molecule has 0 bridgehead atoms. The Hall–Kier alpha value is -0.760. The van der Waals surface area contributed by atoms with Crippen LogP contribution in [0.1, 0.15) is 45.0 Å². The lowest BCUT2D eigenvalue weighted by molar-refractivity contribution is 0.0367. The first-order valence-electron chi connectivity index (χ1n) is 5.33. The van der Waals surface area contributed by atoms with Gasteiger partial charge in [-0.2, -0.15) is 0 Å². The molecule has 1 saturated carbocycles. The second-order valence-electron chi connectivity index (χ2n) is 4.95. The highest BCUT2D eigenvalue weighted by Crippen LogP contribution is 2.48. The predicted octanol–water partition coefficient (Wildman–Crippen LogP) is 3.14. The summed E-state index contributed by atoms with van der Waals surface area (Å²) in [5.41, 5.74) is 0.242. The highest BCUT2D eigenvalue weighted by Gasteiger charge is 2.40. The van der Waals surface area contributed by atoms with Crippen LogP contribution in [0.3, 0.4) is 0 Å². The number of aliphatic hydroxyl groups excluding tert-OH is 1. The van der Waals surface area contributed by atoms with Crippen molar-refractivity contribution in [3.63, 3.8) is 0 Å². The minimum absolute atomic E-state index is 0.242. The molecular weight excluding hydrogens is 176 g/mol. The Balaban J connectivity index is 2.16. The average molecular weight is 194 g/mol. The zero-order valence-electron chi connectivity index (χ0n) is 8.86. The van der Waals surface area contributed by atoms with Crippen molar-refractivity contribution in [1.82, 2.24) is 0 Å². The lowest BCUT2D eigenvalue weighted by atomic mass is 9.78. The molecule has 0 aliphatic heterocycles. The standard InChI is InChI=1S/C12H18O2/c1-12(2)7-3-5-9(12)11(13)10-6-4-8-14-10/h4,6,8-9,11,13H,3,5,7H2,1-2H3. The van der Waals surface area contributed by atoms with Crippen molar-refractivity contribution >= 4 is 0 Å². The molecule has 2 heteroatoms. The maximum atomic E-state index is 10.2. The highest BCUT2D eigenvalue weighted by atomic mass is 16.4. The molecule has 1 aliphatic carbocycles. The van der Waals surface area contributed by atoms with E-state index in [4.69, 9.17) is 4.42 Å². The molecule has 78 valence electrons. The van der Waals surface area contributed by atoms with E-state index in [9.17, 15) is 5.11 Å². The second-order valence-corrected chi connectivity index (χ2v) is 4.95. The SMILES string of the molecule is CC1(C)CCCC1C(O)c1ccco1. The number of rotatable bonds is 2. The highest BCUT2D eigenvalue weighted by molar-refractivity contribution is 5.06. The molecule has 0 aromatic carbocycles. The summed E-state index contributed by atoms with van der Waals surface area (Å²) in [4.78, 5) is 0. The van der Waals surface area contributed by atoms with Crippen LogP contribution < -0.4 is 0 Å². The topological polar surface area (TPSA) is 33.4 Å². The summed E-state index contributed by atoms with van der Waals surface area (Å²) in [6, 6.07) is 3.69. The van der Waals surface area contributed by atoms with Crippen molar-refractivity contribution < 1.29 is 9.52 Å². The first kappa shape index (κ1) is 9.78. The maximum Gasteiger partial charge on any atom is 0.132 e. The normalized spacial score (nSPS) is 27.8. The van der Waals surface area contributed by atoms with Crippen LogP contribution in [0, 0.1) is 11.3 Å². The molecule has 2 unspecified atom stereocenters. The first-order valence-corrected chi connectivity index (χ1v) is 5.33. The van der Waals surface area contributed by atoms with Crippen molar-refractivity contribution in [2.24, 2.45) is 11.3 Å². The van der Waals surface area contributed by atoms with Gasteiger partial charge in [0.1, 0.15) is 11.9 Å². The van der Waals surface area contributed by atoms with Gasteiger partial charge in [0, 0.05) is 0 Å². The first-order chi connectivity index (χ1) is 6.61. The molecule has 1 fully saturated rings. The van der Waals surface area contributed by atoms with E-state index in [2.05, 4.69) is 13.8 Å². The fourth-order valence-electron chi connectivity index (χ4n) is 2.60. The molecule has 2 nitrogen and oxygen atoms in total. The van der Waals surface area contributed by atoms with Crippen molar-refractivity contribution in [3.8, 4) is 0 Å². The molecule has 1 aliphatic rings. The van der Waals surface area contributed by atoms with Gasteiger partial charge in [-0.3, -0.25) is 0 Å². The Labute approximate surface area is 84.9 Å². The van der Waals surface area contributed by atoms with E-state index in [1.54, 1.807) is 6.26 Å². The number of hydrogen-bond acceptors (Lipinski definition) is 2. The summed E-state index contributed by atoms with van der Waals surface area (Å²) in [5, 5.41) is 10.2. The van der Waals surface area contributed by atoms with Gasteiger partial charge in [0.05, 0.1) is 6.26 Å². The Morgan fingerprint density at radius 3 is 2.86 bits per heavy atom. The van der Waals surface area contributed by atoms with E-state index in [0.717, 1.165) is 6.42 Å². The van der Waals surface area contributed by atoms with Gasteiger partial charge < -0.3 is 9.52 Å². The molecule has 14 heavy (non-hydrogen) atoms. The monoisotopic (exact) mass is 194 g/mol. The lowest BCUT2D eigenvalue weighted by Crippen LogP contribution is -2.23. The van der Waals surface area contributed by atoms with Gasteiger partial charge in [-0.15, -0.1) is 0 Å². The van der Waals surface area contributed by atoms with E-state index in [1.165, 1.54) is 12.8 Å². The Morgan fingerprint density at radius 2 is 2.36 bits per heavy atom. The predicted molar refractivity (Wildman–Crippen MR) is 54.8 cm³/mol. The van der Waals surface area contributed by atoms with Crippen LogP contribution in [0.25, 0.3) is 0 Å². The maximum absolute atomic E-state index is 10.2. The van der Waals surface area contributed by atoms with Crippen LogP contribution in [-0.4, -0.2) is 5.11 Å². The van der Waals surface area contributed by atoms with Crippen LogP contribution in [0.5, 0.6) is 0 Å². The molecule has 1 aromatic heterocycles. The summed E-state index contributed by atoms with van der Waals surface area (Å²) in [7, 11) is 0. The summed E-state index contributed by atoms with van der Waals surface area (Å²) in [6.45, 7) is 4.47. The molecule has 0 saturated heterocycles. The minimum atomic E-state index is -0.428. The van der Waals surface area contributed by atoms with Crippen molar-refractivity contribution in [2.75, 3.05) is 0 Å². The third-order valence-electron chi connectivity index (χ3n) is 3.56. The van der Waals surface area contributed by atoms with E-state index in [0.29, 0.717) is 11.7 Å². The smallest absolute Gasteiger partial charge is 0.132 e. The molecule has 0 amide bonds. The van der Waals surface area contributed by atoms with Crippen LogP contribution in [0.4, 0.5) is 0 Å². The van der Waals surface area contributed by atoms with Gasteiger partial charge in [-0.25, -0.2) is 0 Å². The Morgan fingerprint density at radius 1 is 1.57 bits per heavy atom. The van der Waals surface area contributed by atoms with Gasteiger partial charge in [0.15, 0.2) is 0 Å². The van der Waals surface area contributed by atoms with Gasteiger partial charge >= 0.3 is 0 Å². The average Bonchev–Trinajstić information content (AvgIpc) is 2.71. The Kier molecular flexibility index (Phi) is 2.40. The van der Waals surface area contributed by atoms with Gasteiger partial charge in [-0.1, -0.05) is 20.3 Å². The molecular formula is C12H18O2. The molecule has 0 radical (unpaired) electrons. The summed E-state index contributed by atoms with van der Waals surface area (Å²) < 4.78 is 5.25. The number of aliphatic hydroxyl groups is 1. The quantitative estimate of drug-likeness (QED) is 0.784. The minimum Gasteiger partial charge on any atom is -0.467 e. The van der Waals surface area contributed by atoms with E-state index >= 15 is 0 Å². The van der Waals surface area contributed by atoms with Crippen LogP contribution in [0.15, 0.2) is 22.8 Å². The largest absolute Gasteiger partial charge is 0.467 e. The summed E-state index contributed by atoms with van der Waals surface area (Å²) >= 11 is 0. The van der Waals surface area contributed by atoms with Crippen molar-refractivity contribution in [1.29, 1.82) is 0 Å². The molecule has 1 heterocycles. The van der Waals surface area contributed by atoms with E-state index < -0.39 is 6.10 Å². The van der Waals surface area contributed by atoms with Gasteiger partial charge in [-0.05, 0) is 36.3 Å². The molecule has 1 aromatic rings. The van der Waals surface area contributed by atoms with Crippen molar-refractivity contribution in [3.05, 3.63) is 24.2 Å².